The van der Waals surface area contributed by atoms with Gasteiger partial charge in [-0.1, -0.05) is 0 Å². The maximum atomic E-state index is 5.50. The van der Waals surface area contributed by atoms with Gasteiger partial charge in [0.15, 0.2) is 5.65 Å². The smallest absolute Gasteiger partial charge is 0.216 e. The number of anilines is 1. The minimum absolute atomic E-state index is 0.467. The lowest BCUT2D eigenvalue weighted by Crippen LogP contribution is -2.16. The first-order chi connectivity index (χ1) is 11.2. The highest BCUT2D eigenvalue weighted by molar-refractivity contribution is 5.88. The molecule has 0 spiro atoms. The van der Waals surface area contributed by atoms with Crippen LogP contribution in [0.4, 0.5) is 5.69 Å². The highest BCUT2D eigenvalue weighted by Gasteiger charge is 2.26. The van der Waals surface area contributed by atoms with E-state index in [2.05, 4.69) is 25.6 Å². The lowest BCUT2D eigenvalue weighted by molar-refractivity contribution is 0.416. The van der Waals surface area contributed by atoms with Crippen LogP contribution < -0.4 is 5.32 Å². The van der Waals surface area contributed by atoms with Gasteiger partial charge >= 0.3 is 0 Å². The third-order valence-corrected chi connectivity index (χ3v) is 4.57. The molecule has 0 aliphatic heterocycles. The van der Waals surface area contributed by atoms with Crippen LogP contribution in [0.1, 0.15) is 31.0 Å². The van der Waals surface area contributed by atoms with E-state index in [-0.39, 0.29) is 0 Å². The van der Waals surface area contributed by atoms with E-state index >= 15 is 0 Å². The fourth-order valence-electron chi connectivity index (χ4n) is 3.45. The highest BCUT2D eigenvalue weighted by atomic mass is 16.4. The summed E-state index contributed by atoms with van der Waals surface area (Å²) in [6, 6.07) is 2.49. The normalized spacial score (nSPS) is 21.1. The number of nitrogens with one attached hydrogen (secondary N) is 1. The fraction of sp³-hybridized carbons (Fsp3) is 0.500. The summed E-state index contributed by atoms with van der Waals surface area (Å²) in [5.41, 5.74) is 2.02. The molecule has 3 aromatic heterocycles. The van der Waals surface area contributed by atoms with Crippen LogP contribution in [0.15, 0.2) is 22.9 Å². The molecule has 3 aromatic rings. The standard InChI is InChI=1S/C16H20N6O/c1-10-20-21-15(23-10)8-11-3-4-12(7-11)19-14-5-6-17-16-13(14)9-18-22(16)2/h5-6,9,11-12H,3-4,7-8H2,1-2H3,(H,17,19)/t11-,12+/m1/s1. The van der Waals surface area contributed by atoms with Crippen molar-refractivity contribution < 1.29 is 4.42 Å². The lowest BCUT2D eigenvalue weighted by atomic mass is 10.0. The molecule has 0 bridgehead atoms. The Morgan fingerprint density at radius 3 is 3.09 bits per heavy atom. The van der Waals surface area contributed by atoms with E-state index in [1.54, 1.807) is 4.68 Å². The molecule has 23 heavy (non-hydrogen) atoms. The summed E-state index contributed by atoms with van der Waals surface area (Å²) in [7, 11) is 1.91. The monoisotopic (exact) mass is 312 g/mol. The van der Waals surface area contributed by atoms with Gasteiger partial charge in [0.2, 0.25) is 11.8 Å². The molecule has 2 atom stereocenters. The van der Waals surface area contributed by atoms with Crippen LogP contribution in [-0.2, 0) is 13.5 Å². The van der Waals surface area contributed by atoms with Crippen LogP contribution >= 0.6 is 0 Å². The first-order valence-corrected chi connectivity index (χ1v) is 8.01. The molecule has 7 heteroatoms. The molecule has 7 nitrogen and oxygen atoms in total. The molecule has 0 unspecified atom stereocenters. The van der Waals surface area contributed by atoms with Crippen molar-refractivity contribution in [1.82, 2.24) is 25.0 Å². The molecule has 0 amide bonds. The summed E-state index contributed by atoms with van der Waals surface area (Å²) in [5.74, 6) is 1.99. The molecule has 4 rings (SSSR count). The number of aryl methyl sites for hydroxylation is 2. The second-order valence-electron chi connectivity index (χ2n) is 6.30. The quantitative estimate of drug-likeness (QED) is 0.797. The van der Waals surface area contributed by atoms with Crippen molar-refractivity contribution >= 4 is 16.7 Å². The fourth-order valence-corrected chi connectivity index (χ4v) is 3.45. The number of pyridine rings is 1. The summed E-state index contributed by atoms with van der Waals surface area (Å²) in [6.45, 7) is 1.83. The Balaban J connectivity index is 1.43. The average molecular weight is 312 g/mol. The van der Waals surface area contributed by atoms with Crippen LogP contribution in [0, 0.1) is 12.8 Å². The van der Waals surface area contributed by atoms with Gasteiger partial charge in [0.05, 0.1) is 11.6 Å². The van der Waals surface area contributed by atoms with E-state index < -0.39 is 0 Å². The van der Waals surface area contributed by atoms with E-state index in [0.29, 0.717) is 17.9 Å². The summed E-state index contributed by atoms with van der Waals surface area (Å²) in [4.78, 5) is 4.38. The molecule has 1 fully saturated rings. The highest BCUT2D eigenvalue weighted by Crippen LogP contribution is 2.32. The van der Waals surface area contributed by atoms with Crippen molar-refractivity contribution in [1.29, 1.82) is 0 Å². The van der Waals surface area contributed by atoms with E-state index in [1.807, 2.05) is 32.4 Å². The van der Waals surface area contributed by atoms with E-state index in [4.69, 9.17) is 4.42 Å². The van der Waals surface area contributed by atoms with Crippen LogP contribution in [0.25, 0.3) is 11.0 Å². The van der Waals surface area contributed by atoms with Gasteiger partial charge in [0.25, 0.3) is 0 Å². The summed E-state index contributed by atoms with van der Waals surface area (Å²) in [5, 5.41) is 17.0. The molecule has 0 saturated heterocycles. The largest absolute Gasteiger partial charge is 0.426 e. The Morgan fingerprint density at radius 1 is 1.35 bits per heavy atom. The Morgan fingerprint density at radius 2 is 2.26 bits per heavy atom. The minimum Gasteiger partial charge on any atom is -0.426 e. The van der Waals surface area contributed by atoms with Gasteiger partial charge in [0.1, 0.15) is 0 Å². The van der Waals surface area contributed by atoms with Crippen molar-refractivity contribution in [3.05, 3.63) is 30.2 Å². The third-order valence-electron chi connectivity index (χ3n) is 4.57. The first-order valence-electron chi connectivity index (χ1n) is 8.01. The van der Waals surface area contributed by atoms with E-state index in [1.165, 1.54) is 6.42 Å². The van der Waals surface area contributed by atoms with Crippen molar-refractivity contribution in [2.45, 2.75) is 38.6 Å². The number of fused-ring (bicyclic) bond motifs is 1. The molecule has 1 aliphatic rings. The van der Waals surface area contributed by atoms with Gasteiger partial charge in [-0.3, -0.25) is 4.68 Å². The van der Waals surface area contributed by atoms with E-state index in [9.17, 15) is 0 Å². The Labute approximate surface area is 134 Å². The minimum atomic E-state index is 0.467. The Kier molecular flexibility index (Phi) is 3.48. The molecule has 0 aromatic carbocycles. The SMILES string of the molecule is Cc1nnc(C[C@@H]2CC[C@H](Nc3ccnc4c3cnn4C)C2)o1. The molecule has 120 valence electrons. The molecule has 1 saturated carbocycles. The molecular formula is C16H20N6O. The number of rotatable bonds is 4. The molecule has 1 aliphatic carbocycles. The van der Waals surface area contributed by atoms with Gasteiger partial charge in [0, 0.05) is 38.3 Å². The number of hydrogen-bond acceptors (Lipinski definition) is 6. The zero-order valence-corrected chi connectivity index (χ0v) is 13.4. The number of aromatic nitrogens is 5. The maximum absolute atomic E-state index is 5.50. The van der Waals surface area contributed by atoms with Crippen LogP contribution in [0.3, 0.4) is 0 Å². The second-order valence-corrected chi connectivity index (χ2v) is 6.30. The summed E-state index contributed by atoms with van der Waals surface area (Å²) < 4.78 is 7.30. The number of hydrogen-bond donors (Lipinski definition) is 1. The first kappa shape index (κ1) is 14.2. The van der Waals surface area contributed by atoms with Crippen molar-refractivity contribution in [2.75, 3.05) is 5.32 Å². The van der Waals surface area contributed by atoms with Gasteiger partial charge < -0.3 is 9.73 Å². The number of nitrogens with zero attached hydrogens (tertiary/aromatic N) is 5. The van der Waals surface area contributed by atoms with Crippen molar-refractivity contribution in [3.8, 4) is 0 Å². The summed E-state index contributed by atoms with van der Waals surface area (Å²) in [6.07, 6.45) is 8.03. The molecule has 1 N–H and O–H groups in total. The summed E-state index contributed by atoms with van der Waals surface area (Å²) >= 11 is 0. The van der Waals surface area contributed by atoms with Crippen LogP contribution in [0.2, 0.25) is 0 Å². The Hall–Kier alpha value is -2.44. The Bertz CT molecular complexity index is 823. The van der Waals surface area contributed by atoms with Crippen molar-refractivity contribution in [2.24, 2.45) is 13.0 Å². The zero-order valence-electron chi connectivity index (χ0n) is 13.4. The van der Waals surface area contributed by atoms with Gasteiger partial charge in [-0.05, 0) is 31.2 Å². The van der Waals surface area contributed by atoms with Crippen molar-refractivity contribution in [3.63, 3.8) is 0 Å². The third kappa shape index (κ3) is 2.78. The topological polar surface area (TPSA) is 81.7 Å². The van der Waals surface area contributed by atoms with Crippen LogP contribution in [-0.4, -0.2) is 31.0 Å². The van der Waals surface area contributed by atoms with Gasteiger partial charge in [-0.15, -0.1) is 10.2 Å². The predicted octanol–water partition coefficient (Wildman–Crippen LogP) is 2.48. The second kappa shape index (κ2) is 5.64. The lowest BCUT2D eigenvalue weighted by Gasteiger charge is -2.15. The van der Waals surface area contributed by atoms with Crippen LogP contribution in [0.5, 0.6) is 0 Å². The molecule has 3 heterocycles. The van der Waals surface area contributed by atoms with Gasteiger partial charge in [-0.25, -0.2) is 4.98 Å². The molecular weight excluding hydrogens is 292 g/mol. The average Bonchev–Trinajstić information content (AvgIpc) is 3.23. The predicted molar refractivity (Wildman–Crippen MR) is 86.0 cm³/mol. The molecule has 0 radical (unpaired) electrons. The maximum Gasteiger partial charge on any atom is 0.216 e. The van der Waals surface area contributed by atoms with E-state index in [0.717, 1.165) is 41.9 Å². The zero-order chi connectivity index (χ0) is 15.8. The van der Waals surface area contributed by atoms with Gasteiger partial charge in [-0.2, -0.15) is 5.10 Å².